The second kappa shape index (κ2) is 4.66. The van der Waals surface area contributed by atoms with E-state index in [0.29, 0.717) is 13.0 Å². The summed E-state index contributed by atoms with van der Waals surface area (Å²) in [4.78, 5) is 25.1. The Labute approximate surface area is 112 Å². The lowest BCUT2D eigenvalue weighted by Crippen LogP contribution is -2.50. The van der Waals surface area contributed by atoms with Gasteiger partial charge in [0.2, 0.25) is 11.8 Å². The van der Waals surface area contributed by atoms with Crippen LogP contribution in [0.15, 0.2) is 18.2 Å². The second-order valence-corrected chi connectivity index (χ2v) is 5.27. The minimum absolute atomic E-state index is 0.0390. The largest absolute Gasteiger partial charge is 0.341 e. The van der Waals surface area contributed by atoms with E-state index in [9.17, 15) is 9.59 Å². The fraction of sp³-hybridized carbons (Fsp3) is 0.429. The van der Waals surface area contributed by atoms with Crippen LogP contribution in [-0.4, -0.2) is 36.9 Å². The Balaban J connectivity index is 1.68. The first-order chi connectivity index (χ1) is 9.13. The average Bonchev–Trinajstić information content (AvgIpc) is 2.66. The highest BCUT2D eigenvalue weighted by Crippen LogP contribution is 2.24. The Morgan fingerprint density at radius 3 is 2.89 bits per heavy atom. The fourth-order valence-corrected chi connectivity index (χ4v) is 2.51. The lowest BCUT2D eigenvalue weighted by molar-refractivity contribution is -0.136. The fourth-order valence-electron chi connectivity index (χ4n) is 2.51. The van der Waals surface area contributed by atoms with Crippen LogP contribution in [0.5, 0.6) is 0 Å². The third kappa shape index (κ3) is 2.33. The van der Waals surface area contributed by atoms with Gasteiger partial charge in [-0.25, -0.2) is 0 Å². The Kier molecular flexibility index (Phi) is 2.98. The molecule has 5 nitrogen and oxygen atoms in total. The van der Waals surface area contributed by atoms with Crippen molar-refractivity contribution in [2.24, 2.45) is 5.92 Å². The zero-order chi connectivity index (χ0) is 13.4. The predicted octanol–water partition coefficient (Wildman–Crippen LogP) is 0.359. The smallest absolute Gasteiger partial charge is 0.228 e. The van der Waals surface area contributed by atoms with Gasteiger partial charge < -0.3 is 15.5 Å². The molecule has 0 spiro atoms. The molecule has 1 saturated heterocycles. The summed E-state index contributed by atoms with van der Waals surface area (Å²) in [5.74, 6) is 0.355. The molecule has 2 amide bonds. The Morgan fingerprint density at radius 2 is 2.21 bits per heavy atom. The van der Waals surface area contributed by atoms with Gasteiger partial charge in [0.05, 0.1) is 12.3 Å². The summed E-state index contributed by atoms with van der Waals surface area (Å²) in [6.45, 7) is 2.16. The topological polar surface area (TPSA) is 61.4 Å². The van der Waals surface area contributed by atoms with E-state index in [1.54, 1.807) is 4.90 Å². The van der Waals surface area contributed by atoms with Gasteiger partial charge in [-0.1, -0.05) is 12.1 Å². The van der Waals surface area contributed by atoms with Gasteiger partial charge in [-0.2, -0.15) is 0 Å². The van der Waals surface area contributed by atoms with Crippen LogP contribution in [0.1, 0.15) is 11.1 Å². The van der Waals surface area contributed by atoms with Crippen molar-refractivity contribution in [1.82, 2.24) is 10.2 Å². The summed E-state index contributed by atoms with van der Waals surface area (Å²) in [6, 6.07) is 5.89. The summed E-state index contributed by atoms with van der Waals surface area (Å²) in [5.41, 5.74) is 2.98. The number of carbonyl (C=O) groups is 2. The molecular formula is C14H17N3O2. The van der Waals surface area contributed by atoms with E-state index in [0.717, 1.165) is 29.9 Å². The number of nitrogens with zero attached hydrogens (tertiary/aromatic N) is 1. The first kappa shape index (κ1) is 12.2. The van der Waals surface area contributed by atoms with Crippen LogP contribution in [0.25, 0.3) is 0 Å². The molecule has 0 aromatic heterocycles. The highest BCUT2D eigenvalue weighted by Gasteiger charge is 2.27. The first-order valence-electron chi connectivity index (χ1n) is 6.51. The van der Waals surface area contributed by atoms with Crippen molar-refractivity contribution in [2.75, 3.05) is 25.5 Å². The Morgan fingerprint density at radius 1 is 1.42 bits per heavy atom. The van der Waals surface area contributed by atoms with E-state index >= 15 is 0 Å². The quantitative estimate of drug-likeness (QED) is 0.824. The van der Waals surface area contributed by atoms with Crippen molar-refractivity contribution >= 4 is 17.5 Å². The SMILES string of the molecule is CN(Cc1ccc2c(c1)CC(=O)N2)C(=O)C1CNC1. The minimum atomic E-state index is 0.0390. The standard InChI is InChI=1S/C14H17N3O2/c1-17(14(19)11-6-15-7-11)8-9-2-3-12-10(4-9)5-13(18)16-12/h2-4,11,15H,5-8H2,1H3,(H,16,18). The number of fused-ring (bicyclic) bond motifs is 1. The third-order valence-corrected chi connectivity index (χ3v) is 3.72. The van der Waals surface area contributed by atoms with Gasteiger partial charge in [-0.05, 0) is 17.2 Å². The highest BCUT2D eigenvalue weighted by atomic mass is 16.2. The molecule has 1 fully saturated rings. The number of rotatable bonds is 3. The number of amides is 2. The lowest BCUT2D eigenvalue weighted by Gasteiger charge is -2.30. The molecule has 2 heterocycles. The molecular weight excluding hydrogens is 242 g/mol. The van der Waals surface area contributed by atoms with Crippen molar-refractivity contribution in [2.45, 2.75) is 13.0 Å². The number of benzene rings is 1. The number of hydrogen-bond acceptors (Lipinski definition) is 3. The van der Waals surface area contributed by atoms with Crippen LogP contribution in [0, 0.1) is 5.92 Å². The normalized spacial score (nSPS) is 17.6. The van der Waals surface area contributed by atoms with Crippen LogP contribution in [0.4, 0.5) is 5.69 Å². The average molecular weight is 259 g/mol. The molecule has 5 heteroatoms. The molecule has 0 atom stereocenters. The van der Waals surface area contributed by atoms with Gasteiger partial charge in [0.15, 0.2) is 0 Å². The molecule has 3 rings (SSSR count). The summed E-state index contributed by atoms with van der Waals surface area (Å²) in [6.07, 6.45) is 0.438. The van der Waals surface area contributed by atoms with E-state index in [2.05, 4.69) is 10.6 Å². The maximum absolute atomic E-state index is 12.0. The van der Waals surface area contributed by atoms with Crippen molar-refractivity contribution < 1.29 is 9.59 Å². The second-order valence-electron chi connectivity index (χ2n) is 5.27. The van der Waals surface area contributed by atoms with E-state index in [-0.39, 0.29) is 17.7 Å². The molecule has 1 aromatic carbocycles. The van der Waals surface area contributed by atoms with E-state index in [4.69, 9.17) is 0 Å². The molecule has 1 aromatic rings. The number of nitrogens with one attached hydrogen (secondary N) is 2. The zero-order valence-corrected chi connectivity index (χ0v) is 10.9. The molecule has 0 radical (unpaired) electrons. The third-order valence-electron chi connectivity index (χ3n) is 3.72. The maximum Gasteiger partial charge on any atom is 0.228 e. The van der Waals surface area contributed by atoms with E-state index in [1.165, 1.54) is 0 Å². The number of anilines is 1. The van der Waals surface area contributed by atoms with Gasteiger partial charge in [0, 0.05) is 32.4 Å². The molecule has 2 aliphatic heterocycles. The van der Waals surface area contributed by atoms with Crippen LogP contribution in [-0.2, 0) is 22.6 Å². The van der Waals surface area contributed by atoms with E-state index < -0.39 is 0 Å². The Bertz CT molecular complexity index is 537. The predicted molar refractivity (Wildman–Crippen MR) is 71.6 cm³/mol. The number of hydrogen-bond donors (Lipinski definition) is 2. The van der Waals surface area contributed by atoms with Gasteiger partial charge in [-0.3, -0.25) is 9.59 Å². The Hall–Kier alpha value is -1.88. The molecule has 0 unspecified atom stereocenters. The van der Waals surface area contributed by atoms with Crippen molar-refractivity contribution in [3.8, 4) is 0 Å². The van der Waals surface area contributed by atoms with Crippen LogP contribution < -0.4 is 10.6 Å². The minimum Gasteiger partial charge on any atom is -0.341 e. The number of carbonyl (C=O) groups excluding carboxylic acids is 2. The zero-order valence-electron chi connectivity index (χ0n) is 10.9. The summed E-state index contributed by atoms with van der Waals surface area (Å²) < 4.78 is 0. The van der Waals surface area contributed by atoms with Gasteiger partial charge in [0.1, 0.15) is 0 Å². The molecule has 0 saturated carbocycles. The van der Waals surface area contributed by atoms with E-state index in [1.807, 2.05) is 25.2 Å². The molecule has 2 aliphatic rings. The lowest BCUT2D eigenvalue weighted by atomic mass is 10.0. The van der Waals surface area contributed by atoms with Crippen molar-refractivity contribution in [1.29, 1.82) is 0 Å². The summed E-state index contributed by atoms with van der Waals surface area (Å²) >= 11 is 0. The summed E-state index contributed by atoms with van der Waals surface area (Å²) in [5, 5.41) is 5.92. The van der Waals surface area contributed by atoms with Crippen LogP contribution in [0.2, 0.25) is 0 Å². The maximum atomic E-state index is 12.0. The van der Waals surface area contributed by atoms with Crippen molar-refractivity contribution in [3.05, 3.63) is 29.3 Å². The molecule has 0 bridgehead atoms. The first-order valence-corrected chi connectivity index (χ1v) is 6.51. The van der Waals surface area contributed by atoms with Crippen molar-refractivity contribution in [3.63, 3.8) is 0 Å². The molecule has 19 heavy (non-hydrogen) atoms. The molecule has 100 valence electrons. The van der Waals surface area contributed by atoms with Gasteiger partial charge >= 0.3 is 0 Å². The van der Waals surface area contributed by atoms with Crippen LogP contribution in [0.3, 0.4) is 0 Å². The van der Waals surface area contributed by atoms with Crippen LogP contribution >= 0.6 is 0 Å². The molecule has 2 N–H and O–H groups in total. The van der Waals surface area contributed by atoms with Gasteiger partial charge in [0.25, 0.3) is 0 Å². The summed E-state index contributed by atoms with van der Waals surface area (Å²) in [7, 11) is 1.83. The molecule has 0 aliphatic carbocycles. The highest BCUT2D eigenvalue weighted by molar-refractivity contribution is 5.99. The van der Waals surface area contributed by atoms with Gasteiger partial charge in [-0.15, -0.1) is 0 Å². The monoisotopic (exact) mass is 259 g/mol.